The largest absolute Gasteiger partial charge is 0.493 e. The summed E-state index contributed by atoms with van der Waals surface area (Å²) in [6.45, 7) is 14.4. The van der Waals surface area contributed by atoms with Gasteiger partial charge >= 0.3 is 0 Å². The summed E-state index contributed by atoms with van der Waals surface area (Å²) >= 11 is 0. The minimum atomic E-state index is 0.133. The molecule has 3 aromatic carbocycles. The fraction of sp³-hybridized carbons (Fsp3) is 0.400. The molecule has 2 heterocycles. The Kier molecular flexibility index (Phi) is 9.19. The van der Waals surface area contributed by atoms with Crippen LogP contribution in [0.15, 0.2) is 72.9 Å². The van der Waals surface area contributed by atoms with Crippen LogP contribution in [-0.2, 0) is 10.2 Å². The maximum absolute atomic E-state index is 6.29. The van der Waals surface area contributed by atoms with Gasteiger partial charge in [-0.15, -0.1) is 0 Å². The number of morpholine rings is 1. The van der Waals surface area contributed by atoms with Crippen molar-refractivity contribution in [2.75, 3.05) is 38.7 Å². The average Bonchev–Trinajstić information content (AvgIpc) is 2.95. The van der Waals surface area contributed by atoms with Gasteiger partial charge in [-0.25, -0.2) is 0 Å². The molecule has 4 aromatic rings. The smallest absolute Gasteiger partial charge is 0.163 e. The third-order valence-electron chi connectivity index (χ3n) is 7.48. The van der Waals surface area contributed by atoms with Crippen molar-refractivity contribution < 1.29 is 18.9 Å². The number of benzene rings is 3. The Morgan fingerprint density at radius 1 is 0.881 bits per heavy atom. The lowest BCUT2D eigenvalue weighted by Gasteiger charge is -2.35. The van der Waals surface area contributed by atoms with Crippen LogP contribution in [0.2, 0.25) is 0 Å². The molecule has 42 heavy (non-hydrogen) atoms. The van der Waals surface area contributed by atoms with Crippen molar-refractivity contribution in [1.29, 1.82) is 0 Å². The Bertz CT molecular complexity index is 1460. The van der Waals surface area contributed by atoms with E-state index < -0.39 is 0 Å². The molecule has 1 aliphatic heterocycles. The molecule has 222 valence electrons. The molecule has 0 unspecified atom stereocenters. The molecule has 1 aliphatic rings. The van der Waals surface area contributed by atoms with Crippen LogP contribution in [0.1, 0.15) is 46.6 Å². The molecule has 0 spiro atoms. The molecular weight excluding hydrogens is 526 g/mol. The van der Waals surface area contributed by atoms with E-state index in [2.05, 4.69) is 74.1 Å². The van der Waals surface area contributed by atoms with Crippen LogP contribution >= 0.6 is 0 Å². The van der Waals surface area contributed by atoms with Crippen molar-refractivity contribution in [2.45, 2.75) is 58.7 Å². The summed E-state index contributed by atoms with van der Waals surface area (Å²) in [4.78, 5) is 7.01. The summed E-state index contributed by atoms with van der Waals surface area (Å²) < 4.78 is 24.0. The molecule has 0 bridgehead atoms. The quantitative estimate of drug-likeness (QED) is 0.194. The van der Waals surface area contributed by atoms with Crippen LogP contribution < -0.4 is 19.5 Å². The van der Waals surface area contributed by atoms with E-state index in [0.717, 1.165) is 54.1 Å². The van der Waals surface area contributed by atoms with Crippen molar-refractivity contribution in [3.8, 4) is 23.0 Å². The Hall–Kier alpha value is -3.81. The van der Waals surface area contributed by atoms with Crippen LogP contribution in [0.3, 0.4) is 0 Å². The molecule has 0 radical (unpaired) electrons. The summed E-state index contributed by atoms with van der Waals surface area (Å²) in [5, 5.41) is 4.32. The van der Waals surface area contributed by atoms with E-state index >= 15 is 0 Å². The van der Waals surface area contributed by atoms with Crippen LogP contribution in [-0.4, -0.2) is 55.4 Å². The Labute approximate surface area is 249 Å². The predicted octanol–water partition coefficient (Wildman–Crippen LogP) is 7.95. The van der Waals surface area contributed by atoms with Crippen LogP contribution in [0.4, 0.5) is 11.4 Å². The topological polar surface area (TPSA) is 65.1 Å². The monoisotopic (exact) mass is 569 g/mol. The van der Waals surface area contributed by atoms with Gasteiger partial charge in [0, 0.05) is 48.7 Å². The number of nitrogens with zero attached hydrogens (tertiary/aromatic N) is 2. The number of aromatic nitrogens is 1. The molecule has 1 N–H and O–H groups in total. The van der Waals surface area contributed by atoms with Gasteiger partial charge in [-0.2, -0.15) is 0 Å². The normalized spacial score (nSPS) is 17.7. The van der Waals surface area contributed by atoms with Gasteiger partial charge in [0.2, 0.25) is 0 Å². The molecule has 1 fully saturated rings. The maximum Gasteiger partial charge on any atom is 0.163 e. The molecule has 0 aliphatic carbocycles. The van der Waals surface area contributed by atoms with Crippen LogP contribution in [0, 0.1) is 0 Å². The molecule has 7 nitrogen and oxygen atoms in total. The summed E-state index contributed by atoms with van der Waals surface area (Å²) in [6, 6.07) is 22.3. The standard InChI is InChI=1S/C35H43N3O4/c1-24-22-38(23-25(2)41-24)18-7-19-40-34-21-31-30(20-33(34)39-6)32(16-17-36-31)42-29-14-12-28(13-15-29)37-27-10-8-26(9-11-27)35(3,4)5/h8-17,20-21,24-25,37H,7,18-19,22-23H2,1-6H3/t24-,25+. The number of pyridine rings is 1. The van der Waals surface area contributed by atoms with Gasteiger partial charge in [0.05, 0.1) is 31.4 Å². The lowest BCUT2D eigenvalue weighted by Crippen LogP contribution is -2.45. The summed E-state index contributed by atoms with van der Waals surface area (Å²) in [5.74, 6) is 2.79. The SMILES string of the molecule is COc1cc2c(Oc3ccc(Nc4ccc(C(C)(C)C)cc4)cc3)ccnc2cc1OCCCN1C[C@@H](C)O[C@@H](C)C1. The van der Waals surface area contributed by atoms with Crippen molar-refractivity contribution in [3.05, 3.63) is 78.5 Å². The van der Waals surface area contributed by atoms with Crippen molar-refractivity contribution in [3.63, 3.8) is 0 Å². The first-order chi connectivity index (χ1) is 20.2. The molecule has 0 amide bonds. The van der Waals surface area contributed by atoms with Crippen LogP contribution in [0.25, 0.3) is 10.9 Å². The van der Waals surface area contributed by atoms with Gasteiger partial charge < -0.3 is 24.3 Å². The van der Waals surface area contributed by atoms with Crippen molar-refractivity contribution in [2.24, 2.45) is 0 Å². The highest BCUT2D eigenvalue weighted by atomic mass is 16.5. The summed E-state index contributed by atoms with van der Waals surface area (Å²) in [5.41, 5.74) is 4.27. The maximum atomic E-state index is 6.29. The van der Waals surface area contributed by atoms with Gasteiger partial charge in [0.15, 0.2) is 11.5 Å². The Morgan fingerprint density at radius 2 is 1.55 bits per heavy atom. The minimum absolute atomic E-state index is 0.133. The third-order valence-corrected chi connectivity index (χ3v) is 7.48. The molecule has 1 saturated heterocycles. The highest BCUT2D eigenvalue weighted by Crippen LogP contribution is 2.37. The van der Waals surface area contributed by atoms with Crippen molar-refractivity contribution in [1.82, 2.24) is 9.88 Å². The number of fused-ring (bicyclic) bond motifs is 1. The van der Waals surface area contributed by atoms with E-state index in [-0.39, 0.29) is 17.6 Å². The number of nitrogens with one attached hydrogen (secondary N) is 1. The number of methoxy groups -OCH3 is 1. The van der Waals surface area contributed by atoms with E-state index in [9.17, 15) is 0 Å². The lowest BCUT2D eigenvalue weighted by atomic mass is 9.87. The zero-order valence-corrected chi connectivity index (χ0v) is 25.6. The minimum Gasteiger partial charge on any atom is -0.493 e. The number of ether oxygens (including phenoxy) is 4. The van der Waals surface area contributed by atoms with Gasteiger partial charge in [0.1, 0.15) is 11.5 Å². The first-order valence-electron chi connectivity index (χ1n) is 14.8. The fourth-order valence-electron chi connectivity index (χ4n) is 5.38. The number of anilines is 2. The summed E-state index contributed by atoms with van der Waals surface area (Å²) in [6.07, 6.45) is 3.21. The lowest BCUT2D eigenvalue weighted by molar-refractivity contribution is -0.0686. The Morgan fingerprint density at radius 3 is 2.19 bits per heavy atom. The van der Waals surface area contributed by atoms with Crippen LogP contribution in [0.5, 0.6) is 23.0 Å². The first kappa shape index (κ1) is 29.7. The predicted molar refractivity (Wildman–Crippen MR) is 170 cm³/mol. The number of hydrogen-bond acceptors (Lipinski definition) is 7. The van der Waals surface area contributed by atoms with E-state index in [1.54, 1.807) is 13.3 Å². The zero-order valence-electron chi connectivity index (χ0n) is 25.6. The highest BCUT2D eigenvalue weighted by molar-refractivity contribution is 5.88. The molecule has 2 atom stereocenters. The average molecular weight is 570 g/mol. The van der Waals surface area contributed by atoms with Gasteiger partial charge in [-0.05, 0) is 79.8 Å². The second kappa shape index (κ2) is 13.0. The van der Waals surface area contributed by atoms with Gasteiger partial charge in [-0.1, -0.05) is 32.9 Å². The van der Waals surface area contributed by atoms with Gasteiger partial charge in [-0.3, -0.25) is 9.88 Å². The van der Waals surface area contributed by atoms with E-state index in [1.165, 1.54) is 5.56 Å². The molecule has 0 saturated carbocycles. The third kappa shape index (κ3) is 7.52. The Balaban J connectivity index is 1.22. The van der Waals surface area contributed by atoms with E-state index in [0.29, 0.717) is 23.9 Å². The summed E-state index contributed by atoms with van der Waals surface area (Å²) in [7, 11) is 1.66. The second-order valence-electron chi connectivity index (χ2n) is 12.1. The fourth-order valence-corrected chi connectivity index (χ4v) is 5.38. The number of rotatable bonds is 10. The highest BCUT2D eigenvalue weighted by Gasteiger charge is 2.21. The first-order valence-corrected chi connectivity index (χ1v) is 14.8. The molecule has 1 aromatic heterocycles. The van der Waals surface area contributed by atoms with E-state index in [4.69, 9.17) is 18.9 Å². The molecular formula is C35H43N3O4. The van der Waals surface area contributed by atoms with Crippen molar-refractivity contribution >= 4 is 22.3 Å². The molecule has 7 heteroatoms. The van der Waals surface area contributed by atoms with E-state index in [1.807, 2.05) is 42.5 Å². The molecule has 5 rings (SSSR count). The van der Waals surface area contributed by atoms with Gasteiger partial charge in [0.25, 0.3) is 0 Å². The second-order valence-corrected chi connectivity index (χ2v) is 12.1. The number of hydrogen-bond donors (Lipinski definition) is 1. The zero-order chi connectivity index (χ0) is 29.7.